The van der Waals surface area contributed by atoms with Crippen LogP contribution in [0.25, 0.3) is 6.08 Å². The highest BCUT2D eigenvalue weighted by Gasteiger charge is 2.32. The summed E-state index contributed by atoms with van der Waals surface area (Å²) in [4.78, 5) is 25.4. The van der Waals surface area contributed by atoms with Crippen LogP contribution >= 0.6 is 22.6 Å². The number of halogens is 2. The molecule has 0 heterocycles. The number of ketones is 2. The predicted octanol–water partition coefficient (Wildman–Crippen LogP) is 5.87. The van der Waals surface area contributed by atoms with Gasteiger partial charge in [-0.3, -0.25) is 9.59 Å². The van der Waals surface area contributed by atoms with Crippen LogP contribution < -0.4 is 9.47 Å². The minimum absolute atomic E-state index is 0.0511. The van der Waals surface area contributed by atoms with Crippen molar-refractivity contribution >= 4 is 40.2 Å². The molecule has 6 heteroatoms. The lowest BCUT2D eigenvalue weighted by Crippen LogP contribution is -2.04. The van der Waals surface area contributed by atoms with E-state index < -0.39 is 0 Å². The summed E-state index contributed by atoms with van der Waals surface area (Å²) in [6.45, 7) is 2.30. The van der Waals surface area contributed by atoms with Crippen molar-refractivity contribution in [3.8, 4) is 11.5 Å². The van der Waals surface area contributed by atoms with Gasteiger partial charge in [0.05, 0.1) is 15.8 Å². The molecule has 1 aliphatic carbocycles. The molecular weight excluding hydrogens is 510 g/mol. The summed E-state index contributed by atoms with van der Waals surface area (Å²) in [6, 6.07) is 16.7. The fraction of sp³-hybridized carbons (Fsp3) is 0.120. The number of rotatable bonds is 6. The quantitative estimate of drug-likeness (QED) is 0.228. The van der Waals surface area contributed by atoms with Crippen molar-refractivity contribution in [3.05, 3.63) is 97.9 Å². The van der Waals surface area contributed by atoms with Gasteiger partial charge in [-0.1, -0.05) is 42.5 Å². The van der Waals surface area contributed by atoms with E-state index >= 15 is 0 Å². The summed E-state index contributed by atoms with van der Waals surface area (Å²) in [7, 11) is 0. The number of Topliss-reactive ketones (excluding diaryl/α,β-unsaturated/α-hetero) is 2. The topological polar surface area (TPSA) is 52.6 Å². The Morgan fingerprint density at radius 3 is 2.23 bits per heavy atom. The fourth-order valence-electron chi connectivity index (χ4n) is 3.41. The molecule has 0 aliphatic heterocycles. The van der Waals surface area contributed by atoms with Gasteiger partial charge in [-0.15, -0.1) is 0 Å². The Bertz CT molecular complexity index is 1180. The minimum Gasteiger partial charge on any atom is -0.490 e. The van der Waals surface area contributed by atoms with E-state index in [2.05, 4.69) is 22.6 Å². The molecule has 1 aliphatic rings. The van der Waals surface area contributed by atoms with Crippen LogP contribution in [-0.2, 0) is 6.61 Å². The molecule has 0 aromatic heterocycles. The molecule has 31 heavy (non-hydrogen) atoms. The summed E-state index contributed by atoms with van der Waals surface area (Å²) in [5.41, 5.74) is 2.05. The van der Waals surface area contributed by atoms with Crippen LogP contribution in [0.15, 0.2) is 66.2 Å². The first-order chi connectivity index (χ1) is 15.0. The highest BCUT2D eigenvalue weighted by molar-refractivity contribution is 14.1. The molecular formula is C25H18FIO4. The standard InChI is InChI=1S/C25H18FIO4/c1-2-30-22-13-15(11-19-23(28)17-8-4-5-9-18(17)24(19)29)12-21(27)25(22)31-14-16-7-3-6-10-20(16)26/h3-13H,2,14H2,1H3. The smallest absolute Gasteiger partial charge is 0.197 e. The number of carbonyl (C=O) groups excluding carboxylic acids is 2. The zero-order valence-electron chi connectivity index (χ0n) is 16.7. The number of fused-ring (bicyclic) bond motifs is 1. The maximum atomic E-state index is 13.9. The summed E-state index contributed by atoms with van der Waals surface area (Å²) >= 11 is 2.10. The van der Waals surface area contributed by atoms with E-state index in [4.69, 9.17) is 9.47 Å². The third kappa shape index (κ3) is 4.25. The normalized spacial score (nSPS) is 12.7. The number of hydrogen-bond donors (Lipinski definition) is 0. The van der Waals surface area contributed by atoms with Crippen LogP contribution in [0.2, 0.25) is 0 Å². The highest BCUT2D eigenvalue weighted by atomic mass is 127. The molecule has 0 radical (unpaired) electrons. The first-order valence-electron chi connectivity index (χ1n) is 9.72. The number of ether oxygens (including phenoxy) is 2. The Balaban J connectivity index is 1.66. The molecule has 0 fully saturated rings. The van der Waals surface area contributed by atoms with Crippen molar-refractivity contribution in [3.63, 3.8) is 0 Å². The molecule has 0 saturated carbocycles. The van der Waals surface area contributed by atoms with Crippen LogP contribution in [0.1, 0.15) is 38.8 Å². The van der Waals surface area contributed by atoms with E-state index in [-0.39, 0.29) is 29.6 Å². The molecule has 4 rings (SSSR count). The maximum absolute atomic E-state index is 13.9. The van der Waals surface area contributed by atoms with Gasteiger partial charge < -0.3 is 9.47 Å². The summed E-state index contributed by atoms with van der Waals surface area (Å²) in [6.07, 6.45) is 1.58. The van der Waals surface area contributed by atoms with Crippen LogP contribution in [0.4, 0.5) is 4.39 Å². The molecule has 0 bridgehead atoms. The van der Waals surface area contributed by atoms with Gasteiger partial charge in [-0.25, -0.2) is 4.39 Å². The molecule has 3 aromatic rings. The molecule has 0 amide bonds. The van der Waals surface area contributed by atoms with Gasteiger partial charge >= 0.3 is 0 Å². The van der Waals surface area contributed by atoms with E-state index in [1.165, 1.54) is 6.07 Å². The first kappa shape index (κ1) is 21.2. The average Bonchev–Trinajstić information content (AvgIpc) is 3.00. The van der Waals surface area contributed by atoms with Gasteiger partial charge in [0.1, 0.15) is 12.4 Å². The van der Waals surface area contributed by atoms with Gasteiger partial charge in [-0.2, -0.15) is 0 Å². The lowest BCUT2D eigenvalue weighted by molar-refractivity contribution is 0.0990. The second-order valence-electron chi connectivity index (χ2n) is 6.90. The van der Waals surface area contributed by atoms with Crippen LogP contribution in [0.5, 0.6) is 11.5 Å². The molecule has 0 N–H and O–H groups in total. The van der Waals surface area contributed by atoms with Gasteiger partial charge in [-0.05, 0) is 59.4 Å². The van der Waals surface area contributed by atoms with Crippen molar-refractivity contribution in [1.29, 1.82) is 0 Å². The lowest BCUT2D eigenvalue weighted by atomic mass is 10.1. The van der Waals surface area contributed by atoms with Crippen LogP contribution in [0, 0.1) is 9.39 Å². The predicted molar refractivity (Wildman–Crippen MR) is 124 cm³/mol. The van der Waals surface area contributed by atoms with Crippen molar-refractivity contribution in [1.82, 2.24) is 0 Å². The molecule has 0 saturated heterocycles. The molecule has 3 aromatic carbocycles. The average molecular weight is 528 g/mol. The number of allylic oxidation sites excluding steroid dienone is 1. The molecule has 0 unspecified atom stereocenters. The SMILES string of the molecule is CCOc1cc(C=C2C(=O)c3ccccc3C2=O)cc(I)c1OCc1ccccc1F. The largest absolute Gasteiger partial charge is 0.490 e. The third-order valence-electron chi connectivity index (χ3n) is 4.88. The molecule has 0 atom stereocenters. The van der Waals surface area contributed by atoms with Gasteiger partial charge in [0, 0.05) is 16.7 Å². The third-order valence-corrected chi connectivity index (χ3v) is 5.68. The fourth-order valence-corrected chi connectivity index (χ4v) is 4.19. The summed E-state index contributed by atoms with van der Waals surface area (Å²) in [5.74, 6) is 0.0461. The summed E-state index contributed by atoms with van der Waals surface area (Å²) in [5, 5.41) is 0. The monoisotopic (exact) mass is 528 g/mol. The number of benzene rings is 3. The van der Waals surface area contributed by atoms with Crippen molar-refractivity contribution < 1.29 is 23.5 Å². The first-order valence-corrected chi connectivity index (χ1v) is 10.8. The Kier molecular flexibility index (Phi) is 6.18. The second-order valence-corrected chi connectivity index (χ2v) is 8.07. The number of carbonyl (C=O) groups is 2. The van der Waals surface area contributed by atoms with E-state index in [0.29, 0.717) is 40.4 Å². The van der Waals surface area contributed by atoms with Crippen molar-refractivity contribution in [2.75, 3.05) is 6.61 Å². The summed E-state index contributed by atoms with van der Waals surface area (Å²) < 4.78 is 26.3. The van der Waals surface area contributed by atoms with E-state index in [1.807, 2.05) is 6.92 Å². The second kappa shape index (κ2) is 9.01. The molecule has 156 valence electrons. The lowest BCUT2D eigenvalue weighted by Gasteiger charge is -2.15. The zero-order chi connectivity index (χ0) is 22.0. The Morgan fingerprint density at radius 1 is 0.935 bits per heavy atom. The van der Waals surface area contributed by atoms with Gasteiger partial charge in [0.2, 0.25) is 0 Å². The molecule has 0 spiro atoms. The van der Waals surface area contributed by atoms with Crippen LogP contribution in [0.3, 0.4) is 0 Å². The van der Waals surface area contributed by atoms with Crippen molar-refractivity contribution in [2.45, 2.75) is 13.5 Å². The number of hydrogen-bond acceptors (Lipinski definition) is 4. The van der Waals surface area contributed by atoms with Gasteiger partial charge in [0.25, 0.3) is 0 Å². The zero-order valence-corrected chi connectivity index (χ0v) is 18.8. The minimum atomic E-state index is -0.338. The Morgan fingerprint density at radius 2 is 1.58 bits per heavy atom. The maximum Gasteiger partial charge on any atom is 0.197 e. The van der Waals surface area contributed by atoms with E-state index in [0.717, 1.165) is 3.57 Å². The van der Waals surface area contributed by atoms with Crippen LogP contribution in [-0.4, -0.2) is 18.2 Å². The Labute approximate surface area is 192 Å². The van der Waals surface area contributed by atoms with Crippen molar-refractivity contribution in [2.24, 2.45) is 0 Å². The van der Waals surface area contributed by atoms with E-state index in [9.17, 15) is 14.0 Å². The van der Waals surface area contributed by atoms with E-state index in [1.54, 1.807) is 60.7 Å². The Hall–Kier alpha value is -3.00. The van der Waals surface area contributed by atoms with Gasteiger partial charge in [0.15, 0.2) is 23.1 Å². The molecule has 4 nitrogen and oxygen atoms in total. The highest BCUT2D eigenvalue weighted by Crippen LogP contribution is 2.36.